The van der Waals surface area contributed by atoms with Gasteiger partial charge in [0.2, 0.25) is 0 Å². The fourth-order valence-electron chi connectivity index (χ4n) is 0.981. The molecule has 0 heterocycles. The molecule has 88 valence electrons. The van der Waals surface area contributed by atoms with Crippen molar-refractivity contribution < 1.29 is 23.0 Å². The molecular formula is C9H6Cl2F2O3. The van der Waals surface area contributed by atoms with E-state index in [2.05, 4.69) is 9.47 Å². The van der Waals surface area contributed by atoms with E-state index in [1.807, 2.05) is 0 Å². The predicted molar refractivity (Wildman–Crippen MR) is 54.4 cm³/mol. The van der Waals surface area contributed by atoms with Gasteiger partial charge in [-0.05, 0) is 6.07 Å². The third-order valence-electron chi connectivity index (χ3n) is 1.64. The first-order valence-electron chi connectivity index (χ1n) is 3.98. The van der Waals surface area contributed by atoms with Crippen molar-refractivity contribution in [2.75, 3.05) is 7.11 Å². The number of rotatable bonds is 3. The van der Waals surface area contributed by atoms with Gasteiger partial charge < -0.3 is 9.47 Å². The van der Waals surface area contributed by atoms with Crippen LogP contribution >= 0.6 is 23.2 Å². The van der Waals surface area contributed by atoms with Crippen LogP contribution in [0.15, 0.2) is 12.1 Å². The lowest BCUT2D eigenvalue weighted by atomic mass is 10.2. The molecule has 0 atom stereocenters. The van der Waals surface area contributed by atoms with Crippen LogP contribution in [0, 0.1) is 0 Å². The molecule has 1 aromatic rings. The number of hydrogen-bond donors (Lipinski definition) is 0. The first-order chi connectivity index (χ1) is 7.45. The number of esters is 1. The quantitative estimate of drug-likeness (QED) is 0.790. The molecule has 0 fully saturated rings. The summed E-state index contributed by atoms with van der Waals surface area (Å²) >= 11 is 11.3. The highest BCUT2D eigenvalue weighted by Crippen LogP contribution is 2.32. The van der Waals surface area contributed by atoms with Gasteiger partial charge in [0.05, 0.1) is 22.7 Å². The first-order valence-corrected chi connectivity index (χ1v) is 4.73. The molecule has 0 aliphatic heterocycles. The molecule has 0 saturated carbocycles. The summed E-state index contributed by atoms with van der Waals surface area (Å²) in [4.78, 5) is 11.2. The van der Waals surface area contributed by atoms with E-state index in [-0.39, 0.29) is 21.4 Å². The number of halogens is 4. The highest BCUT2D eigenvalue weighted by atomic mass is 35.5. The van der Waals surface area contributed by atoms with Crippen LogP contribution in [0.1, 0.15) is 10.4 Å². The zero-order chi connectivity index (χ0) is 12.3. The molecule has 1 rings (SSSR count). The summed E-state index contributed by atoms with van der Waals surface area (Å²) in [5, 5.41) is -0.225. The number of carbonyl (C=O) groups is 1. The van der Waals surface area contributed by atoms with Gasteiger partial charge in [0.25, 0.3) is 0 Å². The molecule has 0 aliphatic carbocycles. The van der Waals surface area contributed by atoms with Crippen molar-refractivity contribution in [2.45, 2.75) is 6.61 Å². The smallest absolute Gasteiger partial charge is 0.387 e. The Morgan fingerprint density at radius 2 is 1.94 bits per heavy atom. The normalized spacial score (nSPS) is 10.4. The SMILES string of the molecule is COC(=O)c1cc(Cl)c(OC(F)F)cc1Cl. The van der Waals surface area contributed by atoms with Crippen molar-refractivity contribution in [2.24, 2.45) is 0 Å². The van der Waals surface area contributed by atoms with E-state index in [9.17, 15) is 13.6 Å². The van der Waals surface area contributed by atoms with Gasteiger partial charge in [0.15, 0.2) is 0 Å². The lowest BCUT2D eigenvalue weighted by Gasteiger charge is -2.09. The number of hydrogen-bond acceptors (Lipinski definition) is 3. The van der Waals surface area contributed by atoms with Crippen molar-refractivity contribution in [1.82, 2.24) is 0 Å². The van der Waals surface area contributed by atoms with Gasteiger partial charge in [-0.1, -0.05) is 23.2 Å². The van der Waals surface area contributed by atoms with E-state index >= 15 is 0 Å². The Morgan fingerprint density at radius 1 is 1.31 bits per heavy atom. The number of ether oxygens (including phenoxy) is 2. The fourth-order valence-corrected chi connectivity index (χ4v) is 1.42. The maximum atomic E-state index is 11.9. The van der Waals surface area contributed by atoms with Crippen LogP contribution in [-0.2, 0) is 4.74 Å². The van der Waals surface area contributed by atoms with E-state index in [0.717, 1.165) is 19.2 Å². The zero-order valence-electron chi connectivity index (χ0n) is 7.97. The second-order valence-electron chi connectivity index (χ2n) is 2.63. The molecule has 1 aromatic carbocycles. The maximum Gasteiger partial charge on any atom is 0.387 e. The van der Waals surface area contributed by atoms with E-state index in [0.29, 0.717) is 0 Å². The Balaban J connectivity index is 3.11. The molecule has 0 amide bonds. The third kappa shape index (κ3) is 2.96. The van der Waals surface area contributed by atoms with Crippen molar-refractivity contribution in [1.29, 1.82) is 0 Å². The monoisotopic (exact) mass is 270 g/mol. The van der Waals surface area contributed by atoms with Crippen molar-refractivity contribution in [3.05, 3.63) is 27.7 Å². The second kappa shape index (κ2) is 5.32. The minimum Gasteiger partial charge on any atom is -0.465 e. The Hall–Kier alpha value is -1.07. The largest absolute Gasteiger partial charge is 0.465 e. The van der Waals surface area contributed by atoms with Gasteiger partial charge in [-0.25, -0.2) is 4.79 Å². The van der Waals surface area contributed by atoms with E-state index < -0.39 is 12.6 Å². The first kappa shape index (κ1) is 13.0. The minimum absolute atomic E-state index is 0.0178. The summed E-state index contributed by atoms with van der Waals surface area (Å²) in [6.07, 6.45) is 0. The highest BCUT2D eigenvalue weighted by Gasteiger charge is 2.16. The molecule has 0 unspecified atom stereocenters. The van der Waals surface area contributed by atoms with Gasteiger partial charge in [-0.15, -0.1) is 0 Å². The number of carbonyl (C=O) groups excluding carboxylic acids is 1. The van der Waals surface area contributed by atoms with Crippen LogP contribution in [0.3, 0.4) is 0 Å². The average molecular weight is 271 g/mol. The number of benzene rings is 1. The summed E-state index contributed by atoms with van der Waals surface area (Å²) in [6, 6.07) is 2.13. The number of alkyl halides is 2. The Labute approximate surface area is 99.9 Å². The Kier molecular flexibility index (Phi) is 4.32. The maximum absolute atomic E-state index is 11.9. The standard InChI is InChI=1S/C9H6Cl2F2O3/c1-15-8(14)4-2-6(11)7(3-5(4)10)16-9(12)13/h2-3,9H,1H3. The van der Waals surface area contributed by atoms with Gasteiger partial charge >= 0.3 is 12.6 Å². The van der Waals surface area contributed by atoms with E-state index in [1.165, 1.54) is 0 Å². The summed E-state index contributed by atoms with van der Waals surface area (Å²) in [5.74, 6) is -1.01. The van der Waals surface area contributed by atoms with Crippen molar-refractivity contribution >= 4 is 29.2 Å². The van der Waals surface area contributed by atoms with Crippen molar-refractivity contribution in [3.8, 4) is 5.75 Å². The van der Waals surface area contributed by atoms with E-state index in [1.54, 1.807) is 0 Å². The molecule has 0 saturated heterocycles. The van der Waals surface area contributed by atoms with Crippen LogP contribution < -0.4 is 4.74 Å². The zero-order valence-corrected chi connectivity index (χ0v) is 9.48. The molecule has 0 spiro atoms. The molecule has 0 radical (unpaired) electrons. The summed E-state index contributed by atoms with van der Waals surface area (Å²) in [5.41, 5.74) is -0.0178. The molecule has 16 heavy (non-hydrogen) atoms. The molecule has 3 nitrogen and oxygen atoms in total. The molecule has 0 N–H and O–H groups in total. The summed E-state index contributed by atoms with van der Waals surface area (Å²) in [7, 11) is 1.16. The summed E-state index contributed by atoms with van der Waals surface area (Å²) in [6.45, 7) is -3.02. The van der Waals surface area contributed by atoms with Gasteiger partial charge in [0.1, 0.15) is 5.75 Å². The van der Waals surface area contributed by atoms with Crippen molar-refractivity contribution in [3.63, 3.8) is 0 Å². The van der Waals surface area contributed by atoms with Gasteiger partial charge in [-0.3, -0.25) is 0 Å². The minimum atomic E-state index is -3.02. The van der Waals surface area contributed by atoms with E-state index in [4.69, 9.17) is 23.2 Å². The Morgan fingerprint density at radius 3 is 2.44 bits per heavy atom. The molecule has 0 aromatic heterocycles. The highest BCUT2D eigenvalue weighted by molar-refractivity contribution is 6.36. The predicted octanol–water partition coefficient (Wildman–Crippen LogP) is 3.38. The topological polar surface area (TPSA) is 35.5 Å². The lowest BCUT2D eigenvalue weighted by Crippen LogP contribution is -2.05. The van der Waals surface area contributed by atoms with Gasteiger partial charge in [-0.2, -0.15) is 8.78 Å². The summed E-state index contributed by atoms with van der Waals surface area (Å²) < 4.78 is 32.4. The third-order valence-corrected chi connectivity index (χ3v) is 2.25. The molecular weight excluding hydrogens is 265 g/mol. The average Bonchev–Trinajstić information content (AvgIpc) is 2.21. The number of methoxy groups -OCH3 is 1. The second-order valence-corrected chi connectivity index (χ2v) is 3.45. The molecule has 0 aliphatic rings. The molecule has 7 heteroatoms. The van der Waals surface area contributed by atoms with Crippen LogP contribution in [0.5, 0.6) is 5.75 Å². The van der Waals surface area contributed by atoms with Crippen LogP contribution in [0.4, 0.5) is 8.78 Å². The fraction of sp³-hybridized carbons (Fsp3) is 0.222. The lowest BCUT2D eigenvalue weighted by molar-refractivity contribution is -0.0497. The van der Waals surface area contributed by atoms with Crippen LogP contribution in [-0.4, -0.2) is 19.7 Å². The Bertz CT molecular complexity index is 410. The van der Waals surface area contributed by atoms with Gasteiger partial charge in [0, 0.05) is 6.07 Å². The molecule has 0 bridgehead atoms. The van der Waals surface area contributed by atoms with Crippen LogP contribution in [0.25, 0.3) is 0 Å². The van der Waals surface area contributed by atoms with Crippen LogP contribution in [0.2, 0.25) is 10.0 Å².